The summed E-state index contributed by atoms with van der Waals surface area (Å²) < 4.78 is 0. The van der Waals surface area contributed by atoms with Gasteiger partial charge >= 0.3 is 0 Å². The van der Waals surface area contributed by atoms with Crippen LogP contribution in [0.1, 0.15) is 24.2 Å². The highest BCUT2D eigenvalue weighted by Gasteiger charge is 2.12. The van der Waals surface area contributed by atoms with Crippen LogP contribution in [0.5, 0.6) is 0 Å². The SMILES string of the molecule is Cc1cc(C)nc(NCC2CCCNC2)n1. The Morgan fingerprint density at radius 3 is 2.75 bits per heavy atom. The Kier molecular flexibility index (Phi) is 3.72. The molecule has 1 aromatic heterocycles. The fourth-order valence-electron chi connectivity index (χ4n) is 2.14. The summed E-state index contributed by atoms with van der Waals surface area (Å²) in [7, 11) is 0. The molecule has 1 atom stereocenters. The molecule has 0 saturated carbocycles. The first-order valence-corrected chi connectivity index (χ1v) is 6.01. The van der Waals surface area contributed by atoms with E-state index in [4.69, 9.17) is 0 Å². The Balaban J connectivity index is 1.88. The molecule has 0 amide bonds. The summed E-state index contributed by atoms with van der Waals surface area (Å²) in [4.78, 5) is 8.75. The van der Waals surface area contributed by atoms with E-state index < -0.39 is 0 Å². The molecule has 2 N–H and O–H groups in total. The first kappa shape index (κ1) is 11.3. The van der Waals surface area contributed by atoms with Crippen molar-refractivity contribution in [1.29, 1.82) is 0 Å². The fraction of sp³-hybridized carbons (Fsp3) is 0.667. The number of nitrogens with zero attached hydrogens (tertiary/aromatic N) is 2. The minimum Gasteiger partial charge on any atom is -0.354 e. The van der Waals surface area contributed by atoms with Gasteiger partial charge in [0.2, 0.25) is 5.95 Å². The summed E-state index contributed by atoms with van der Waals surface area (Å²) >= 11 is 0. The van der Waals surface area contributed by atoms with E-state index in [0.717, 1.165) is 37.0 Å². The standard InChI is InChI=1S/C12H20N4/c1-9-6-10(2)16-12(15-9)14-8-11-4-3-5-13-7-11/h6,11,13H,3-5,7-8H2,1-2H3,(H,14,15,16). The molecule has 1 unspecified atom stereocenters. The summed E-state index contributed by atoms with van der Waals surface area (Å²) in [6.07, 6.45) is 2.57. The summed E-state index contributed by atoms with van der Waals surface area (Å²) in [5.74, 6) is 1.47. The van der Waals surface area contributed by atoms with Gasteiger partial charge in [0.25, 0.3) is 0 Å². The number of hydrogen-bond acceptors (Lipinski definition) is 4. The van der Waals surface area contributed by atoms with Gasteiger partial charge < -0.3 is 10.6 Å². The topological polar surface area (TPSA) is 49.8 Å². The molecular weight excluding hydrogens is 200 g/mol. The second kappa shape index (κ2) is 5.25. The molecule has 88 valence electrons. The third-order valence-electron chi connectivity index (χ3n) is 2.93. The molecule has 0 spiro atoms. The zero-order chi connectivity index (χ0) is 11.4. The Labute approximate surface area is 96.9 Å². The van der Waals surface area contributed by atoms with Crippen LogP contribution in [0.3, 0.4) is 0 Å². The van der Waals surface area contributed by atoms with Crippen molar-refractivity contribution in [3.63, 3.8) is 0 Å². The van der Waals surface area contributed by atoms with E-state index >= 15 is 0 Å². The van der Waals surface area contributed by atoms with Crippen molar-refractivity contribution < 1.29 is 0 Å². The highest BCUT2D eigenvalue weighted by molar-refractivity contribution is 5.27. The first-order valence-electron chi connectivity index (χ1n) is 6.01. The van der Waals surface area contributed by atoms with Crippen molar-refractivity contribution in [2.45, 2.75) is 26.7 Å². The van der Waals surface area contributed by atoms with Crippen LogP contribution in [-0.2, 0) is 0 Å². The van der Waals surface area contributed by atoms with Crippen LogP contribution in [0.2, 0.25) is 0 Å². The molecule has 0 aromatic carbocycles. The highest BCUT2D eigenvalue weighted by Crippen LogP contribution is 2.11. The molecule has 4 nitrogen and oxygen atoms in total. The van der Waals surface area contributed by atoms with Gasteiger partial charge in [-0.25, -0.2) is 9.97 Å². The second-order valence-electron chi connectivity index (χ2n) is 4.57. The Hall–Kier alpha value is -1.16. The van der Waals surface area contributed by atoms with Crippen LogP contribution in [0.4, 0.5) is 5.95 Å². The van der Waals surface area contributed by atoms with Crippen LogP contribution in [0.25, 0.3) is 0 Å². The van der Waals surface area contributed by atoms with Gasteiger partial charge in [-0.15, -0.1) is 0 Å². The minimum atomic E-state index is 0.707. The predicted molar refractivity (Wildman–Crippen MR) is 65.6 cm³/mol. The maximum atomic E-state index is 4.38. The maximum absolute atomic E-state index is 4.38. The van der Waals surface area contributed by atoms with E-state index in [1.54, 1.807) is 0 Å². The second-order valence-corrected chi connectivity index (χ2v) is 4.57. The van der Waals surface area contributed by atoms with Crippen molar-refractivity contribution in [1.82, 2.24) is 15.3 Å². The van der Waals surface area contributed by atoms with Crippen LogP contribution in [0, 0.1) is 19.8 Å². The molecule has 0 bridgehead atoms. The van der Waals surface area contributed by atoms with Crippen LogP contribution in [-0.4, -0.2) is 29.6 Å². The van der Waals surface area contributed by atoms with E-state index in [9.17, 15) is 0 Å². The molecule has 0 aliphatic carbocycles. The van der Waals surface area contributed by atoms with Crippen molar-refractivity contribution in [3.05, 3.63) is 17.5 Å². The monoisotopic (exact) mass is 220 g/mol. The first-order chi connectivity index (χ1) is 7.74. The largest absolute Gasteiger partial charge is 0.354 e. The molecule has 1 aromatic rings. The number of nitrogens with one attached hydrogen (secondary N) is 2. The van der Waals surface area contributed by atoms with E-state index in [2.05, 4.69) is 20.6 Å². The third-order valence-corrected chi connectivity index (χ3v) is 2.93. The average molecular weight is 220 g/mol. The molecule has 1 aliphatic heterocycles. The zero-order valence-electron chi connectivity index (χ0n) is 10.1. The fourth-order valence-corrected chi connectivity index (χ4v) is 2.14. The van der Waals surface area contributed by atoms with Crippen LogP contribution < -0.4 is 10.6 Å². The lowest BCUT2D eigenvalue weighted by Gasteiger charge is -2.22. The molecular formula is C12H20N4. The van der Waals surface area contributed by atoms with Gasteiger partial charge in [0.15, 0.2) is 0 Å². The maximum Gasteiger partial charge on any atom is 0.223 e. The number of aromatic nitrogens is 2. The van der Waals surface area contributed by atoms with Crippen molar-refractivity contribution in [2.75, 3.05) is 25.0 Å². The Morgan fingerprint density at radius 2 is 2.12 bits per heavy atom. The highest BCUT2D eigenvalue weighted by atomic mass is 15.1. The summed E-state index contributed by atoms with van der Waals surface area (Å²) in [6, 6.07) is 1.99. The van der Waals surface area contributed by atoms with Crippen molar-refractivity contribution >= 4 is 5.95 Å². The quantitative estimate of drug-likeness (QED) is 0.810. The van der Waals surface area contributed by atoms with Crippen molar-refractivity contribution in [2.24, 2.45) is 5.92 Å². The predicted octanol–water partition coefficient (Wildman–Crippen LogP) is 1.50. The Morgan fingerprint density at radius 1 is 1.38 bits per heavy atom. The molecule has 1 fully saturated rings. The number of anilines is 1. The molecule has 0 radical (unpaired) electrons. The van der Waals surface area contributed by atoms with E-state index in [0.29, 0.717) is 5.92 Å². The van der Waals surface area contributed by atoms with Crippen LogP contribution in [0.15, 0.2) is 6.07 Å². The lowest BCUT2D eigenvalue weighted by atomic mass is 10.00. The Bertz CT molecular complexity index is 325. The average Bonchev–Trinajstić information content (AvgIpc) is 2.27. The molecule has 16 heavy (non-hydrogen) atoms. The molecule has 1 aliphatic rings. The summed E-state index contributed by atoms with van der Waals surface area (Å²) in [6.45, 7) is 7.24. The lowest BCUT2D eigenvalue weighted by Crippen LogP contribution is -2.33. The van der Waals surface area contributed by atoms with Gasteiger partial charge in [-0.05, 0) is 51.8 Å². The number of hydrogen-bond donors (Lipinski definition) is 2. The van der Waals surface area contributed by atoms with Gasteiger partial charge in [-0.2, -0.15) is 0 Å². The molecule has 2 heterocycles. The summed E-state index contributed by atoms with van der Waals surface area (Å²) in [5.41, 5.74) is 2.05. The van der Waals surface area contributed by atoms with Gasteiger partial charge in [0.05, 0.1) is 0 Å². The smallest absolute Gasteiger partial charge is 0.223 e. The van der Waals surface area contributed by atoms with Crippen LogP contribution >= 0.6 is 0 Å². The molecule has 4 heteroatoms. The number of piperidine rings is 1. The van der Waals surface area contributed by atoms with Gasteiger partial charge in [-0.3, -0.25) is 0 Å². The van der Waals surface area contributed by atoms with E-state index in [1.807, 2.05) is 19.9 Å². The van der Waals surface area contributed by atoms with Gasteiger partial charge in [0, 0.05) is 17.9 Å². The normalized spacial score (nSPS) is 20.8. The minimum absolute atomic E-state index is 0.707. The van der Waals surface area contributed by atoms with Gasteiger partial charge in [-0.1, -0.05) is 0 Å². The number of aryl methyl sites for hydroxylation is 2. The third kappa shape index (κ3) is 3.17. The van der Waals surface area contributed by atoms with Gasteiger partial charge in [0.1, 0.15) is 0 Å². The summed E-state index contributed by atoms with van der Waals surface area (Å²) in [5, 5.41) is 6.75. The van der Waals surface area contributed by atoms with Crippen molar-refractivity contribution in [3.8, 4) is 0 Å². The zero-order valence-corrected chi connectivity index (χ0v) is 10.1. The number of rotatable bonds is 3. The van der Waals surface area contributed by atoms with E-state index in [-0.39, 0.29) is 0 Å². The molecule has 1 saturated heterocycles. The lowest BCUT2D eigenvalue weighted by molar-refractivity contribution is 0.392. The molecule has 2 rings (SSSR count). The van der Waals surface area contributed by atoms with E-state index in [1.165, 1.54) is 12.8 Å².